The van der Waals surface area contributed by atoms with Crippen molar-refractivity contribution in [1.29, 1.82) is 0 Å². The van der Waals surface area contributed by atoms with Crippen LogP contribution in [-0.4, -0.2) is 31.3 Å². The minimum Gasteiger partial charge on any atom is -0.345 e. The van der Waals surface area contributed by atoms with Crippen molar-refractivity contribution in [2.45, 2.75) is 37.9 Å². The van der Waals surface area contributed by atoms with E-state index in [1.807, 2.05) is 13.0 Å². The van der Waals surface area contributed by atoms with E-state index in [9.17, 15) is 4.79 Å². The minimum absolute atomic E-state index is 0.154. The monoisotopic (exact) mass is 276 g/mol. The van der Waals surface area contributed by atoms with Gasteiger partial charge in [0.15, 0.2) is 10.9 Å². The van der Waals surface area contributed by atoms with Gasteiger partial charge in [0.05, 0.1) is 5.75 Å². The average Bonchev–Trinajstić information content (AvgIpc) is 2.98. The molecule has 1 fully saturated rings. The fourth-order valence-electron chi connectivity index (χ4n) is 2.43. The number of nitrogens with zero attached hydrogens (tertiary/aromatic N) is 3. The minimum atomic E-state index is 0.154. The Bertz CT molecular complexity index is 598. The topological polar surface area (TPSA) is 63.6 Å². The largest absolute Gasteiger partial charge is 0.345 e. The maximum absolute atomic E-state index is 12.3. The third-order valence-corrected chi connectivity index (χ3v) is 4.31. The number of hydrogen-bond donors (Lipinski definition) is 1. The molecule has 1 saturated carbocycles. The number of thioether (sulfide) groups is 1. The summed E-state index contributed by atoms with van der Waals surface area (Å²) in [5, 5.41) is 7.20. The van der Waals surface area contributed by atoms with Gasteiger partial charge < -0.3 is 4.57 Å². The maximum atomic E-state index is 12.3. The first kappa shape index (κ1) is 12.5. The fourth-order valence-corrected chi connectivity index (χ4v) is 3.09. The number of carbonyl (C=O) groups excluding carboxylic acids is 1. The first-order valence-corrected chi connectivity index (χ1v) is 7.35. The molecule has 1 aliphatic rings. The lowest BCUT2D eigenvalue weighted by Crippen LogP contribution is -2.06. The van der Waals surface area contributed by atoms with E-state index in [1.54, 1.807) is 0 Å². The van der Waals surface area contributed by atoms with E-state index >= 15 is 0 Å². The summed E-state index contributed by atoms with van der Waals surface area (Å²) in [6.07, 6.45) is 3.92. The van der Waals surface area contributed by atoms with Crippen LogP contribution in [0.4, 0.5) is 0 Å². The zero-order valence-electron chi connectivity index (χ0n) is 11.0. The van der Waals surface area contributed by atoms with E-state index < -0.39 is 0 Å². The number of nitrogens with one attached hydrogen (secondary N) is 1. The molecule has 0 bridgehead atoms. The average molecular weight is 276 g/mol. The third kappa shape index (κ3) is 2.45. The Morgan fingerprint density at radius 1 is 1.53 bits per heavy atom. The van der Waals surface area contributed by atoms with Crippen molar-refractivity contribution in [2.75, 3.05) is 5.75 Å². The number of Topliss-reactive ketones (excluding diaryl/α,β-unsaturated/α-hetero) is 1. The molecule has 0 saturated heterocycles. The van der Waals surface area contributed by atoms with Crippen molar-refractivity contribution in [3.05, 3.63) is 29.3 Å². The predicted octanol–water partition coefficient (Wildman–Crippen LogP) is 2.53. The highest BCUT2D eigenvalue weighted by molar-refractivity contribution is 7.99. The summed E-state index contributed by atoms with van der Waals surface area (Å²) in [7, 11) is 0. The molecule has 0 spiro atoms. The van der Waals surface area contributed by atoms with E-state index in [0.717, 1.165) is 11.3 Å². The highest BCUT2D eigenvalue weighted by Gasteiger charge is 2.28. The fraction of sp³-hybridized carbons (Fsp3) is 0.462. The van der Waals surface area contributed by atoms with E-state index in [1.165, 1.54) is 36.6 Å². The molecule has 1 N–H and O–H groups in total. The number of rotatable bonds is 5. The molecule has 3 rings (SSSR count). The van der Waals surface area contributed by atoms with Gasteiger partial charge in [-0.15, -0.1) is 0 Å². The molecule has 100 valence electrons. The first-order valence-electron chi connectivity index (χ1n) is 6.36. The lowest BCUT2D eigenvalue weighted by Gasteiger charge is -2.07. The zero-order valence-corrected chi connectivity index (χ0v) is 11.8. The van der Waals surface area contributed by atoms with Crippen LogP contribution in [0, 0.1) is 13.8 Å². The molecule has 0 aliphatic heterocycles. The van der Waals surface area contributed by atoms with Crippen molar-refractivity contribution >= 4 is 17.5 Å². The smallest absolute Gasteiger partial charge is 0.183 e. The molecule has 0 atom stereocenters. The van der Waals surface area contributed by atoms with Crippen LogP contribution in [-0.2, 0) is 0 Å². The molecule has 0 radical (unpaired) electrons. The predicted molar refractivity (Wildman–Crippen MR) is 73.6 cm³/mol. The normalized spacial score (nSPS) is 14.8. The lowest BCUT2D eigenvalue weighted by molar-refractivity contribution is 0.102. The van der Waals surface area contributed by atoms with Gasteiger partial charge in [-0.1, -0.05) is 11.8 Å². The number of aryl methyl sites for hydroxylation is 1. The van der Waals surface area contributed by atoms with Gasteiger partial charge in [0, 0.05) is 23.0 Å². The highest BCUT2D eigenvalue weighted by Crippen LogP contribution is 2.38. The van der Waals surface area contributed by atoms with Gasteiger partial charge in [-0.3, -0.25) is 9.89 Å². The number of carbonyl (C=O) groups is 1. The summed E-state index contributed by atoms with van der Waals surface area (Å²) in [6.45, 7) is 4.11. The molecular weight excluding hydrogens is 260 g/mol. The number of aromatic nitrogens is 4. The van der Waals surface area contributed by atoms with E-state index in [4.69, 9.17) is 0 Å². The third-order valence-electron chi connectivity index (χ3n) is 3.43. The number of ketones is 1. The van der Waals surface area contributed by atoms with Crippen LogP contribution >= 0.6 is 11.8 Å². The Hall–Kier alpha value is -1.56. The van der Waals surface area contributed by atoms with E-state index in [-0.39, 0.29) is 5.78 Å². The van der Waals surface area contributed by atoms with Crippen LogP contribution in [0.15, 0.2) is 17.6 Å². The lowest BCUT2D eigenvalue weighted by atomic mass is 10.2. The highest BCUT2D eigenvalue weighted by atomic mass is 32.2. The molecule has 2 heterocycles. The van der Waals surface area contributed by atoms with Gasteiger partial charge in [0.25, 0.3) is 0 Å². The van der Waals surface area contributed by atoms with Crippen LogP contribution in [0.1, 0.15) is 40.6 Å². The molecule has 19 heavy (non-hydrogen) atoms. The van der Waals surface area contributed by atoms with Crippen LogP contribution in [0.25, 0.3) is 0 Å². The van der Waals surface area contributed by atoms with Crippen LogP contribution in [0.5, 0.6) is 0 Å². The van der Waals surface area contributed by atoms with Crippen LogP contribution < -0.4 is 0 Å². The van der Waals surface area contributed by atoms with Gasteiger partial charge in [0.1, 0.15) is 6.33 Å². The van der Waals surface area contributed by atoms with Crippen molar-refractivity contribution in [2.24, 2.45) is 0 Å². The summed E-state index contributed by atoms with van der Waals surface area (Å²) in [4.78, 5) is 16.3. The second-order valence-electron chi connectivity index (χ2n) is 4.89. The summed E-state index contributed by atoms with van der Waals surface area (Å²) in [6, 6.07) is 2.63. The Morgan fingerprint density at radius 3 is 2.95 bits per heavy atom. The van der Waals surface area contributed by atoms with Gasteiger partial charge in [-0.2, -0.15) is 5.10 Å². The molecule has 0 aromatic carbocycles. The van der Waals surface area contributed by atoms with Gasteiger partial charge >= 0.3 is 0 Å². The number of H-pyrrole nitrogens is 1. The Morgan fingerprint density at radius 2 is 2.32 bits per heavy atom. The maximum Gasteiger partial charge on any atom is 0.183 e. The number of hydrogen-bond acceptors (Lipinski definition) is 4. The van der Waals surface area contributed by atoms with Gasteiger partial charge in [-0.05, 0) is 32.8 Å². The standard InChI is InChI=1S/C13H16N4OS/c1-8-5-11(9(2)17(8)10-3-4-10)12(18)6-19-13-14-7-15-16-13/h5,7,10H,3-4,6H2,1-2H3,(H,14,15,16). The Balaban J connectivity index is 1.74. The van der Waals surface area contributed by atoms with Crippen molar-refractivity contribution in [3.63, 3.8) is 0 Å². The molecule has 6 heteroatoms. The first-order chi connectivity index (χ1) is 9.16. The van der Waals surface area contributed by atoms with Crippen molar-refractivity contribution in [1.82, 2.24) is 19.7 Å². The molecule has 5 nitrogen and oxygen atoms in total. The van der Waals surface area contributed by atoms with Gasteiger partial charge in [-0.25, -0.2) is 4.98 Å². The van der Waals surface area contributed by atoms with Crippen molar-refractivity contribution in [3.8, 4) is 0 Å². The Kier molecular flexibility index (Phi) is 3.18. The molecule has 1 aliphatic carbocycles. The number of aromatic amines is 1. The SMILES string of the molecule is Cc1cc(C(=O)CSc2ncn[nH]2)c(C)n1C1CC1. The van der Waals surface area contributed by atoms with Crippen molar-refractivity contribution < 1.29 is 4.79 Å². The second kappa shape index (κ2) is 4.85. The summed E-state index contributed by atoms with van der Waals surface area (Å²) < 4.78 is 2.30. The molecular formula is C13H16N4OS. The molecule has 0 amide bonds. The van der Waals surface area contributed by atoms with Gasteiger partial charge in [0.2, 0.25) is 0 Å². The summed E-state index contributed by atoms with van der Waals surface area (Å²) in [5.41, 5.74) is 3.13. The van der Waals surface area contributed by atoms with E-state index in [2.05, 4.69) is 26.7 Å². The van der Waals surface area contributed by atoms with Crippen LogP contribution in [0.2, 0.25) is 0 Å². The molecule has 0 unspecified atom stereocenters. The quantitative estimate of drug-likeness (QED) is 0.673. The van der Waals surface area contributed by atoms with E-state index in [0.29, 0.717) is 17.0 Å². The zero-order chi connectivity index (χ0) is 13.4. The second-order valence-corrected chi connectivity index (χ2v) is 5.85. The Labute approximate surface area is 115 Å². The molecule has 2 aromatic rings. The molecule has 2 aromatic heterocycles. The summed E-state index contributed by atoms with van der Waals surface area (Å²) >= 11 is 1.39. The summed E-state index contributed by atoms with van der Waals surface area (Å²) in [5.74, 6) is 0.547. The van der Waals surface area contributed by atoms with Crippen LogP contribution in [0.3, 0.4) is 0 Å².